The van der Waals surface area contributed by atoms with Crippen LogP contribution in [0.1, 0.15) is 23.5 Å². The molecule has 0 saturated carbocycles. The molecule has 1 fully saturated rings. The Balaban J connectivity index is 1.82. The van der Waals surface area contributed by atoms with Crippen molar-refractivity contribution in [2.45, 2.75) is 18.4 Å². The van der Waals surface area contributed by atoms with E-state index in [1.165, 1.54) is 12.0 Å². The lowest BCUT2D eigenvalue weighted by atomic mass is 9.91. The molecule has 1 heterocycles. The van der Waals surface area contributed by atoms with Gasteiger partial charge in [-0.1, -0.05) is 66.2 Å². The van der Waals surface area contributed by atoms with E-state index in [0.717, 1.165) is 17.1 Å². The molecule has 0 spiro atoms. The fourth-order valence-corrected chi connectivity index (χ4v) is 3.33. The Morgan fingerprint density at radius 2 is 1.90 bits per heavy atom. The molecule has 0 N–H and O–H groups in total. The third-order valence-corrected chi connectivity index (χ3v) is 4.51. The lowest BCUT2D eigenvalue weighted by Gasteiger charge is -2.22. The summed E-state index contributed by atoms with van der Waals surface area (Å²) >= 11 is 6.05. The highest BCUT2D eigenvalue weighted by Gasteiger charge is 2.30. The zero-order chi connectivity index (χ0) is 14.7. The summed E-state index contributed by atoms with van der Waals surface area (Å²) in [5.41, 5.74) is 2.59. The summed E-state index contributed by atoms with van der Waals surface area (Å²) in [6.07, 6.45) is 5.72. The van der Waals surface area contributed by atoms with Crippen molar-refractivity contribution in [3.05, 3.63) is 76.8 Å². The van der Waals surface area contributed by atoms with Gasteiger partial charge in [-0.05, 0) is 43.3 Å². The number of rotatable bonds is 3. The highest BCUT2D eigenvalue weighted by Crippen LogP contribution is 2.33. The van der Waals surface area contributed by atoms with Crippen LogP contribution in [0.5, 0.6) is 0 Å². The molecular formula is C19H20ClN. The molecule has 0 aliphatic carbocycles. The van der Waals surface area contributed by atoms with Gasteiger partial charge in [-0.3, -0.25) is 4.90 Å². The second-order valence-corrected chi connectivity index (χ2v) is 6.13. The minimum Gasteiger partial charge on any atom is -0.299 e. The SMILES string of the molecule is CN1CC[C@@H](c2ccccc2)[C@H]1/C=C/c1cccc(Cl)c1. The fraction of sp³-hybridized carbons (Fsp3) is 0.263. The van der Waals surface area contributed by atoms with Crippen molar-refractivity contribution in [2.75, 3.05) is 13.6 Å². The smallest absolute Gasteiger partial charge is 0.0411 e. The molecule has 1 aliphatic rings. The highest BCUT2D eigenvalue weighted by molar-refractivity contribution is 6.30. The van der Waals surface area contributed by atoms with Gasteiger partial charge < -0.3 is 0 Å². The average Bonchev–Trinajstić information content (AvgIpc) is 2.87. The molecule has 108 valence electrons. The first kappa shape index (κ1) is 14.4. The Bertz CT molecular complexity index is 620. The predicted molar refractivity (Wildman–Crippen MR) is 90.7 cm³/mol. The van der Waals surface area contributed by atoms with Gasteiger partial charge >= 0.3 is 0 Å². The van der Waals surface area contributed by atoms with E-state index in [1.54, 1.807) is 0 Å². The van der Waals surface area contributed by atoms with E-state index < -0.39 is 0 Å². The van der Waals surface area contributed by atoms with Gasteiger partial charge in [0.25, 0.3) is 0 Å². The molecule has 2 aromatic rings. The van der Waals surface area contributed by atoms with Crippen molar-refractivity contribution < 1.29 is 0 Å². The van der Waals surface area contributed by atoms with E-state index in [-0.39, 0.29) is 0 Å². The predicted octanol–water partition coefficient (Wildman–Crippen LogP) is 4.84. The van der Waals surface area contributed by atoms with Gasteiger partial charge in [-0.2, -0.15) is 0 Å². The summed E-state index contributed by atoms with van der Waals surface area (Å²) in [7, 11) is 2.20. The molecule has 0 bridgehead atoms. The second kappa shape index (κ2) is 6.46. The van der Waals surface area contributed by atoms with Crippen LogP contribution in [0.4, 0.5) is 0 Å². The zero-order valence-corrected chi connectivity index (χ0v) is 13.0. The summed E-state index contributed by atoms with van der Waals surface area (Å²) in [4.78, 5) is 2.43. The normalized spacial score (nSPS) is 23.0. The number of likely N-dealkylation sites (tertiary alicyclic amines) is 1. The maximum absolute atomic E-state index is 6.05. The minimum absolute atomic E-state index is 0.450. The van der Waals surface area contributed by atoms with E-state index in [1.807, 2.05) is 18.2 Å². The topological polar surface area (TPSA) is 3.24 Å². The van der Waals surface area contributed by atoms with Crippen LogP contribution in [0.2, 0.25) is 5.02 Å². The average molecular weight is 298 g/mol. The molecule has 2 heteroatoms. The van der Waals surface area contributed by atoms with Crippen molar-refractivity contribution in [2.24, 2.45) is 0 Å². The van der Waals surface area contributed by atoms with Crippen LogP contribution in [0.15, 0.2) is 60.7 Å². The molecule has 1 aliphatic heterocycles. The Morgan fingerprint density at radius 3 is 2.67 bits per heavy atom. The molecule has 3 rings (SSSR count). The maximum Gasteiger partial charge on any atom is 0.0411 e. The van der Waals surface area contributed by atoms with Crippen LogP contribution in [-0.4, -0.2) is 24.5 Å². The van der Waals surface area contributed by atoms with Crippen LogP contribution >= 0.6 is 11.6 Å². The fourth-order valence-electron chi connectivity index (χ4n) is 3.13. The van der Waals surface area contributed by atoms with Crippen molar-refractivity contribution in [1.82, 2.24) is 4.90 Å². The Labute approximate surface area is 131 Å². The van der Waals surface area contributed by atoms with Crippen LogP contribution in [-0.2, 0) is 0 Å². The maximum atomic E-state index is 6.05. The largest absolute Gasteiger partial charge is 0.299 e. The lowest BCUT2D eigenvalue weighted by Crippen LogP contribution is -2.26. The summed E-state index contributed by atoms with van der Waals surface area (Å²) in [5, 5.41) is 0.788. The highest BCUT2D eigenvalue weighted by atomic mass is 35.5. The van der Waals surface area contributed by atoms with Crippen LogP contribution < -0.4 is 0 Å². The number of nitrogens with zero attached hydrogens (tertiary/aromatic N) is 1. The van der Waals surface area contributed by atoms with Gasteiger partial charge in [0, 0.05) is 17.0 Å². The first-order valence-corrected chi connectivity index (χ1v) is 7.81. The van der Waals surface area contributed by atoms with Crippen LogP contribution in [0, 0.1) is 0 Å². The van der Waals surface area contributed by atoms with Crippen LogP contribution in [0.25, 0.3) is 6.08 Å². The molecule has 21 heavy (non-hydrogen) atoms. The monoisotopic (exact) mass is 297 g/mol. The van der Waals surface area contributed by atoms with E-state index >= 15 is 0 Å². The zero-order valence-electron chi connectivity index (χ0n) is 12.2. The molecule has 0 amide bonds. The first-order chi connectivity index (χ1) is 10.2. The van der Waals surface area contributed by atoms with E-state index in [9.17, 15) is 0 Å². The van der Waals surface area contributed by atoms with E-state index in [4.69, 9.17) is 11.6 Å². The van der Waals surface area contributed by atoms with Gasteiger partial charge in [0.2, 0.25) is 0 Å². The molecule has 1 nitrogen and oxygen atoms in total. The third-order valence-electron chi connectivity index (χ3n) is 4.28. The molecule has 0 radical (unpaired) electrons. The van der Waals surface area contributed by atoms with Gasteiger partial charge in [-0.25, -0.2) is 0 Å². The summed E-state index contributed by atoms with van der Waals surface area (Å²) < 4.78 is 0. The molecule has 2 atom stereocenters. The van der Waals surface area contributed by atoms with Crippen LogP contribution in [0.3, 0.4) is 0 Å². The Morgan fingerprint density at radius 1 is 1.10 bits per heavy atom. The van der Waals surface area contributed by atoms with E-state index in [2.05, 4.69) is 60.5 Å². The number of hydrogen-bond donors (Lipinski definition) is 0. The van der Waals surface area contributed by atoms with Gasteiger partial charge in [0.1, 0.15) is 0 Å². The summed E-state index contributed by atoms with van der Waals surface area (Å²) in [6, 6.07) is 19.3. The van der Waals surface area contributed by atoms with Crippen molar-refractivity contribution in [1.29, 1.82) is 0 Å². The third kappa shape index (κ3) is 3.37. The summed E-state index contributed by atoms with van der Waals surface area (Å²) in [6.45, 7) is 1.14. The number of hydrogen-bond acceptors (Lipinski definition) is 1. The Kier molecular flexibility index (Phi) is 4.42. The standard InChI is InChI=1S/C19H20ClN/c1-21-13-12-18(16-7-3-2-4-8-16)19(21)11-10-15-6-5-9-17(20)14-15/h2-11,14,18-19H,12-13H2,1H3/b11-10+/t18-,19+/m0/s1. The van der Waals surface area contributed by atoms with Crippen molar-refractivity contribution >= 4 is 17.7 Å². The van der Waals surface area contributed by atoms with Gasteiger partial charge in [0.15, 0.2) is 0 Å². The molecule has 1 saturated heterocycles. The number of likely N-dealkylation sites (N-methyl/N-ethyl adjacent to an activating group) is 1. The Hall–Kier alpha value is -1.57. The number of halogens is 1. The van der Waals surface area contributed by atoms with Gasteiger partial charge in [0.05, 0.1) is 0 Å². The molecular weight excluding hydrogens is 278 g/mol. The van der Waals surface area contributed by atoms with Crippen molar-refractivity contribution in [3.63, 3.8) is 0 Å². The quantitative estimate of drug-likeness (QED) is 0.783. The van der Waals surface area contributed by atoms with Gasteiger partial charge in [-0.15, -0.1) is 0 Å². The molecule has 0 aromatic heterocycles. The number of benzene rings is 2. The summed E-state index contributed by atoms with van der Waals surface area (Å²) in [5.74, 6) is 0.576. The van der Waals surface area contributed by atoms with Crippen molar-refractivity contribution in [3.8, 4) is 0 Å². The first-order valence-electron chi connectivity index (χ1n) is 7.43. The lowest BCUT2D eigenvalue weighted by molar-refractivity contribution is 0.347. The minimum atomic E-state index is 0.450. The molecule has 2 aromatic carbocycles. The second-order valence-electron chi connectivity index (χ2n) is 5.69. The molecule has 0 unspecified atom stereocenters. The van der Waals surface area contributed by atoms with E-state index in [0.29, 0.717) is 12.0 Å².